The summed E-state index contributed by atoms with van der Waals surface area (Å²) < 4.78 is 23.5. The van der Waals surface area contributed by atoms with Crippen LogP contribution >= 0.6 is 9.03 Å². The first kappa shape index (κ1) is 15.0. The first-order valence-corrected chi connectivity index (χ1v) is 7.78. The summed E-state index contributed by atoms with van der Waals surface area (Å²) in [6.07, 6.45) is -0.0816. The number of rotatable bonds is 2. The molecule has 0 spiro atoms. The maximum atomic E-state index is 10.9. The number of fused-ring (bicyclic) bond motifs is 2. The van der Waals surface area contributed by atoms with E-state index in [1.165, 1.54) is 13.4 Å². The Kier molecular flexibility index (Phi) is 3.40. The van der Waals surface area contributed by atoms with Crippen LogP contribution in [0.15, 0.2) is 6.33 Å². The Morgan fingerprint density at radius 1 is 1.52 bits per heavy atom. The molecule has 0 saturated carbocycles. The molecule has 5 unspecified atom stereocenters. The highest BCUT2D eigenvalue weighted by Gasteiger charge is 2.56. The zero-order chi connectivity index (χ0) is 16.2. The van der Waals surface area contributed by atoms with E-state index in [-0.39, 0.29) is 27.0 Å². The number of nitrogens with zero attached hydrogens (tertiary/aromatic N) is 4. The van der Waals surface area contributed by atoms with Gasteiger partial charge < -0.3 is 29.4 Å². The van der Waals surface area contributed by atoms with Crippen LogP contribution in [-0.2, 0) is 13.8 Å². The molecule has 5 atom stereocenters. The third-order valence-electron chi connectivity index (χ3n) is 4.05. The molecule has 2 aromatic heterocycles. The maximum absolute atomic E-state index is 10.9. The van der Waals surface area contributed by atoms with Crippen molar-refractivity contribution in [2.75, 3.05) is 19.5 Å². The fraction of sp³-hybridized carbons (Fsp3) is 0.583. The van der Waals surface area contributed by atoms with Crippen LogP contribution in [0.4, 0.5) is 5.95 Å². The predicted molar refractivity (Wildman–Crippen MR) is 80.0 cm³/mol. The van der Waals surface area contributed by atoms with Crippen LogP contribution < -0.4 is 10.5 Å². The average Bonchev–Trinajstić information content (AvgIpc) is 3.05. The minimum Gasteiger partial charge on any atom is -0.479 e. The van der Waals surface area contributed by atoms with E-state index in [0.717, 1.165) is 0 Å². The van der Waals surface area contributed by atoms with Gasteiger partial charge in [-0.2, -0.15) is 9.97 Å². The van der Waals surface area contributed by atoms with Gasteiger partial charge in [0, 0.05) is 0 Å². The summed E-state index contributed by atoms with van der Waals surface area (Å²) in [5.74, 6) is 0.314. The van der Waals surface area contributed by atoms with Crippen LogP contribution in [-0.4, -0.2) is 56.2 Å². The summed E-state index contributed by atoms with van der Waals surface area (Å²) in [4.78, 5) is 12.4. The Hall–Kier alpha value is -1.58. The van der Waals surface area contributed by atoms with E-state index in [0.29, 0.717) is 17.8 Å². The molecular formula is C12H16N5O5P. The fourth-order valence-corrected chi connectivity index (χ4v) is 3.78. The van der Waals surface area contributed by atoms with Crippen LogP contribution in [0, 0.1) is 0 Å². The number of aromatic nitrogens is 4. The lowest BCUT2D eigenvalue weighted by molar-refractivity contribution is -0.0882. The molecule has 10 nitrogen and oxygen atoms in total. The topological polar surface area (TPSA) is 127 Å². The molecule has 0 aliphatic carbocycles. The van der Waals surface area contributed by atoms with Crippen molar-refractivity contribution in [2.45, 2.75) is 31.0 Å². The highest BCUT2D eigenvalue weighted by atomic mass is 31.1. The summed E-state index contributed by atoms with van der Waals surface area (Å²) in [6, 6.07) is 0. The zero-order valence-electron chi connectivity index (χ0n) is 12.5. The number of nitrogens with two attached hydrogens (primary N) is 1. The Bertz CT molecular complexity index is 753. The van der Waals surface area contributed by atoms with Crippen molar-refractivity contribution in [1.82, 2.24) is 19.5 Å². The van der Waals surface area contributed by atoms with E-state index in [1.807, 2.05) is 0 Å². The first-order chi connectivity index (χ1) is 11.0. The van der Waals surface area contributed by atoms with Gasteiger partial charge in [0.15, 0.2) is 26.4 Å². The molecule has 0 bridgehead atoms. The maximum Gasteiger partial charge on any atom is 0.246 e. The van der Waals surface area contributed by atoms with Crippen LogP contribution in [0.1, 0.15) is 13.2 Å². The molecule has 0 radical (unpaired) electrons. The molecule has 0 amide bonds. The van der Waals surface area contributed by atoms with Crippen LogP contribution in [0.25, 0.3) is 11.2 Å². The highest BCUT2D eigenvalue weighted by molar-refractivity contribution is 7.26. The molecule has 11 heteroatoms. The Balaban J connectivity index is 1.81. The predicted octanol–water partition coefficient (Wildman–Crippen LogP) is -0.0106. The highest BCUT2D eigenvalue weighted by Crippen LogP contribution is 2.46. The molecule has 3 N–H and O–H groups in total. The Labute approximate surface area is 132 Å². The molecule has 4 heterocycles. The summed E-state index contributed by atoms with van der Waals surface area (Å²) in [6.45, 7) is 2.02. The SMILES string of the molecule is COc1nc(N)nc2c1ncn2C1OC2COPOC2C1(C)O. The second-order valence-corrected chi connectivity index (χ2v) is 6.29. The standard InChI is InChI=1S/C12H16N5O5P/c1-12(18)7-5(3-20-23-22-7)21-10(12)17-4-14-6-8(17)15-11(13)16-9(6)19-2/h4-5,7,10,18,23H,3H2,1-2H3,(H2,13,15,16). The quantitative estimate of drug-likeness (QED) is 0.725. The van der Waals surface area contributed by atoms with Crippen molar-refractivity contribution < 1.29 is 23.6 Å². The molecule has 124 valence electrons. The van der Waals surface area contributed by atoms with Crippen molar-refractivity contribution in [2.24, 2.45) is 0 Å². The van der Waals surface area contributed by atoms with Crippen molar-refractivity contribution in [3.8, 4) is 5.88 Å². The Morgan fingerprint density at radius 3 is 3.09 bits per heavy atom. The molecule has 0 aromatic carbocycles. The van der Waals surface area contributed by atoms with Gasteiger partial charge >= 0.3 is 0 Å². The number of hydrogen-bond donors (Lipinski definition) is 2. The van der Waals surface area contributed by atoms with E-state index in [1.54, 1.807) is 11.5 Å². The van der Waals surface area contributed by atoms with E-state index < -0.39 is 17.9 Å². The van der Waals surface area contributed by atoms with Crippen molar-refractivity contribution in [1.29, 1.82) is 0 Å². The summed E-state index contributed by atoms with van der Waals surface area (Å²) in [5.41, 5.74) is 5.30. The largest absolute Gasteiger partial charge is 0.479 e. The number of ether oxygens (including phenoxy) is 2. The number of anilines is 1. The Morgan fingerprint density at radius 2 is 2.35 bits per heavy atom. The minimum atomic E-state index is -1.28. The lowest BCUT2D eigenvalue weighted by Crippen LogP contribution is -2.46. The number of aliphatic hydroxyl groups is 1. The molecule has 2 aromatic rings. The van der Waals surface area contributed by atoms with E-state index in [9.17, 15) is 5.11 Å². The second kappa shape index (κ2) is 5.22. The summed E-state index contributed by atoms with van der Waals surface area (Å²) in [5, 5.41) is 10.9. The second-order valence-electron chi connectivity index (χ2n) is 5.60. The smallest absolute Gasteiger partial charge is 0.246 e. The first-order valence-electron chi connectivity index (χ1n) is 6.96. The number of hydrogen-bond acceptors (Lipinski definition) is 9. The molecule has 23 heavy (non-hydrogen) atoms. The number of imidazole rings is 1. The van der Waals surface area contributed by atoms with Gasteiger partial charge in [-0.3, -0.25) is 4.57 Å². The summed E-state index contributed by atoms with van der Waals surface area (Å²) in [7, 11) is 1.36. The van der Waals surface area contributed by atoms with Crippen LogP contribution in [0.2, 0.25) is 0 Å². The number of methoxy groups -OCH3 is 1. The lowest BCUT2D eigenvalue weighted by atomic mass is 9.96. The zero-order valence-corrected chi connectivity index (χ0v) is 13.5. The molecule has 4 rings (SSSR count). The van der Waals surface area contributed by atoms with Gasteiger partial charge in [0.05, 0.1) is 20.0 Å². The van der Waals surface area contributed by atoms with Gasteiger partial charge in [0.1, 0.15) is 17.8 Å². The molecule has 2 aliphatic rings. The van der Waals surface area contributed by atoms with Crippen molar-refractivity contribution in [3.63, 3.8) is 0 Å². The minimum absolute atomic E-state index is 0.0484. The van der Waals surface area contributed by atoms with Gasteiger partial charge in [-0.25, -0.2) is 4.98 Å². The van der Waals surface area contributed by atoms with Gasteiger partial charge in [-0.1, -0.05) is 0 Å². The summed E-state index contributed by atoms with van der Waals surface area (Å²) >= 11 is 0. The third kappa shape index (κ3) is 2.18. The van der Waals surface area contributed by atoms with Gasteiger partial charge in [-0.15, -0.1) is 0 Å². The van der Waals surface area contributed by atoms with E-state index in [2.05, 4.69) is 15.0 Å². The van der Waals surface area contributed by atoms with Crippen LogP contribution in [0.5, 0.6) is 5.88 Å². The average molecular weight is 341 g/mol. The molecule has 2 aliphatic heterocycles. The van der Waals surface area contributed by atoms with Gasteiger partial charge in [-0.05, 0) is 6.92 Å². The van der Waals surface area contributed by atoms with E-state index in [4.69, 9.17) is 24.3 Å². The monoisotopic (exact) mass is 341 g/mol. The normalized spacial score (nSPS) is 34.8. The van der Waals surface area contributed by atoms with Crippen molar-refractivity contribution >= 4 is 26.1 Å². The van der Waals surface area contributed by atoms with Crippen LogP contribution in [0.3, 0.4) is 0 Å². The number of nitrogen functional groups attached to an aromatic ring is 1. The van der Waals surface area contributed by atoms with Gasteiger partial charge in [0.25, 0.3) is 0 Å². The molecule has 2 saturated heterocycles. The fourth-order valence-electron chi connectivity index (χ4n) is 2.98. The lowest BCUT2D eigenvalue weighted by Gasteiger charge is -2.31. The molecule has 2 fully saturated rings. The van der Waals surface area contributed by atoms with Crippen molar-refractivity contribution in [3.05, 3.63) is 6.33 Å². The van der Waals surface area contributed by atoms with Gasteiger partial charge in [0.2, 0.25) is 11.8 Å². The van der Waals surface area contributed by atoms with E-state index >= 15 is 0 Å². The molecular weight excluding hydrogens is 325 g/mol. The third-order valence-corrected chi connectivity index (χ3v) is 4.69.